The molecule has 2 rings (SSSR count). The van der Waals surface area contributed by atoms with Crippen LogP contribution in [0.4, 0.5) is 0 Å². The zero-order valence-electron chi connectivity index (χ0n) is 21.6. The molecule has 14 nitrogen and oxygen atoms in total. The Hall–Kier alpha value is -4.46. The molecule has 39 heavy (non-hydrogen) atoms. The Morgan fingerprint density at radius 1 is 0.923 bits per heavy atom. The molecular formula is C25H34N6O8. The number of hydrogen-bond acceptors (Lipinski definition) is 7. The van der Waals surface area contributed by atoms with Crippen LogP contribution in [0.25, 0.3) is 10.9 Å². The van der Waals surface area contributed by atoms with Gasteiger partial charge in [-0.25, -0.2) is 4.79 Å². The lowest BCUT2D eigenvalue weighted by atomic mass is 9.99. The minimum absolute atomic E-state index is 0.0236. The van der Waals surface area contributed by atoms with Crippen molar-refractivity contribution in [1.82, 2.24) is 20.9 Å². The summed E-state index contributed by atoms with van der Waals surface area (Å²) in [6.45, 7) is 3.25. The number of fused-ring (bicyclic) bond motifs is 1. The summed E-state index contributed by atoms with van der Waals surface area (Å²) >= 11 is 0. The zero-order chi connectivity index (χ0) is 29.3. The van der Waals surface area contributed by atoms with E-state index in [1.54, 1.807) is 26.1 Å². The summed E-state index contributed by atoms with van der Waals surface area (Å²) in [6, 6.07) is 1.96. The number of nitrogens with two attached hydrogens (primary N) is 2. The summed E-state index contributed by atoms with van der Waals surface area (Å²) in [5.41, 5.74) is 12.2. The van der Waals surface area contributed by atoms with Crippen LogP contribution in [-0.2, 0) is 35.2 Å². The van der Waals surface area contributed by atoms with Gasteiger partial charge in [0.15, 0.2) is 0 Å². The molecule has 2 aromatic rings. The second-order valence-electron chi connectivity index (χ2n) is 9.46. The van der Waals surface area contributed by atoms with Crippen LogP contribution in [0.5, 0.6) is 0 Å². The number of aromatic nitrogens is 1. The van der Waals surface area contributed by atoms with Crippen LogP contribution in [0.1, 0.15) is 38.7 Å². The van der Waals surface area contributed by atoms with Crippen molar-refractivity contribution in [1.29, 1.82) is 0 Å². The molecule has 0 aliphatic heterocycles. The molecule has 1 aromatic carbocycles. The second kappa shape index (κ2) is 13.9. The van der Waals surface area contributed by atoms with Gasteiger partial charge in [0.05, 0.1) is 12.5 Å². The average Bonchev–Trinajstić information content (AvgIpc) is 3.26. The largest absolute Gasteiger partial charge is 0.481 e. The van der Waals surface area contributed by atoms with E-state index in [1.165, 1.54) is 0 Å². The minimum atomic E-state index is -1.42. The molecule has 4 unspecified atom stereocenters. The predicted octanol–water partition coefficient (Wildman–Crippen LogP) is -1.03. The quantitative estimate of drug-likeness (QED) is 0.136. The monoisotopic (exact) mass is 546 g/mol. The van der Waals surface area contributed by atoms with Gasteiger partial charge in [-0.2, -0.15) is 0 Å². The standard InChI is InChI=1S/C25H34N6O8/c1-12(2)21(24(37)29-17(25(38)39)7-8-19(27)32)31-23(36)18(30-22(35)15(26)10-20(33)34)9-13-11-28-16-6-4-3-5-14(13)16/h3-6,11-12,15,17-18,21,28H,7-10,26H2,1-2H3,(H2,27,32)(H,29,37)(H,30,35)(H,31,36)(H,33,34)(H,38,39). The number of aliphatic carboxylic acids is 2. The van der Waals surface area contributed by atoms with Crippen LogP contribution in [0, 0.1) is 5.92 Å². The SMILES string of the molecule is CC(C)C(NC(=O)C(Cc1c[nH]c2ccccc12)NC(=O)C(N)CC(=O)O)C(=O)NC(CCC(N)=O)C(=O)O. The lowest BCUT2D eigenvalue weighted by Gasteiger charge is -2.27. The summed E-state index contributed by atoms with van der Waals surface area (Å²) in [7, 11) is 0. The summed E-state index contributed by atoms with van der Waals surface area (Å²) in [5, 5.41) is 26.5. The number of para-hydroxylation sites is 1. The zero-order valence-corrected chi connectivity index (χ0v) is 21.6. The molecule has 0 aliphatic rings. The Balaban J connectivity index is 2.27. The topological polar surface area (TPSA) is 247 Å². The number of carbonyl (C=O) groups excluding carboxylic acids is 4. The Bertz CT molecular complexity index is 1230. The molecule has 0 bridgehead atoms. The average molecular weight is 547 g/mol. The first-order chi connectivity index (χ1) is 18.3. The van der Waals surface area contributed by atoms with E-state index in [-0.39, 0.29) is 19.3 Å². The van der Waals surface area contributed by atoms with E-state index in [0.29, 0.717) is 5.56 Å². The molecule has 1 aromatic heterocycles. The molecule has 0 saturated carbocycles. The maximum absolute atomic E-state index is 13.4. The maximum atomic E-state index is 13.4. The van der Waals surface area contributed by atoms with Crippen LogP contribution in [-0.4, -0.2) is 74.9 Å². The first-order valence-corrected chi connectivity index (χ1v) is 12.2. The van der Waals surface area contributed by atoms with Gasteiger partial charge >= 0.3 is 11.9 Å². The Labute approximate surface area is 223 Å². The van der Waals surface area contributed by atoms with Crippen molar-refractivity contribution < 1.29 is 39.0 Å². The van der Waals surface area contributed by atoms with Gasteiger partial charge in [-0.05, 0) is 24.0 Å². The number of carboxylic acids is 2. The molecule has 0 spiro atoms. The second-order valence-corrected chi connectivity index (χ2v) is 9.46. The number of carbonyl (C=O) groups is 6. The van der Waals surface area contributed by atoms with Crippen LogP contribution in [0.2, 0.25) is 0 Å². The third kappa shape index (κ3) is 9.10. The highest BCUT2D eigenvalue weighted by atomic mass is 16.4. The molecular weight excluding hydrogens is 512 g/mol. The predicted molar refractivity (Wildman–Crippen MR) is 139 cm³/mol. The van der Waals surface area contributed by atoms with Gasteiger partial charge in [0, 0.05) is 29.9 Å². The lowest BCUT2D eigenvalue weighted by Crippen LogP contribution is -2.59. The minimum Gasteiger partial charge on any atom is -0.481 e. The fourth-order valence-electron chi connectivity index (χ4n) is 3.88. The summed E-state index contributed by atoms with van der Waals surface area (Å²) in [6.07, 6.45) is 0.467. The normalized spacial score (nSPS) is 14.2. The first-order valence-electron chi connectivity index (χ1n) is 12.2. The highest BCUT2D eigenvalue weighted by molar-refractivity contribution is 5.95. The number of rotatable bonds is 15. The number of primary amides is 1. The van der Waals surface area contributed by atoms with Crippen molar-refractivity contribution in [2.75, 3.05) is 0 Å². The van der Waals surface area contributed by atoms with Crippen molar-refractivity contribution in [3.63, 3.8) is 0 Å². The first kappa shape index (κ1) is 30.8. The van der Waals surface area contributed by atoms with E-state index in [9.17, 15) is 33.9 Å². The van der Waals surface area contributed by atoms with Crippen molar-refractivity contribution in [2.45, 2.75) is 63.7 Å². The van der Waals surface area contributed by atoms with Crippen molar-refractivity contribution in [2.24, 2.45) is 17.4 Å². The molecule has 1 heterocycles. The third-order valence-electron chi connectivity index (χ3n) is 6.00. The maximum Gasteiger partial charge on any atom is 0.326 e. The molecule has 212 valence electrons. The molecule has 4 atom stereocenters. The van der Waals surface area contributed by atoms with Gasteiger partial charge in [-0.1, -0.05) is 32.0 Å². The van der Waals surface area contributed by atoms with Crippen LogP contribution in [0.15, 0.2) is 30.5 Å². The molecule has 0 fully saturated rings. The lowest BCUT2D eigenvalue weighted by molar-refractivity contribution is -0.143. The van der Waals surface area contributed by atoms with Crippen LogP contribution < -0.4 is 27.4 Å². The van der Waals surface area contributed by atoms with Gasteiger partial charge in [-0.15, -0.1) is 0 Å². The van der Waals surface area contributed by atoms with E-state index in [1.807, 2.05) is 18.2 Å². The third-order valence-corrected chi connectivity index (χ3v) is 6.00. The van der Waals surface area contributed by atoms with E-state index in [4.69, 9.17) is 16.6 Å². The van der Waals surface area contributed by atoms with Gasteiger partial charge in [0.2, 0.25) is 23.6 Å². The summed E-state index contributed by atoms with van der Waals surface area (Å²) < 4.78 is 0. The van der Waals surface area contributed by atoms with Gasteiger partial charge in [0.25, 0.3) is 0 Å². The Kier molecular flexibility index (Phi) is 11.0. The summed E-state index contributed by atoms with van der Waals surface area (Å²) in [5.74, 6) is -6.37. The van der Waals surface area contributed by atoms with Gasteiger partial charge in [-0.3, -0.25) is 24.0 Å². The molecule has 10 N–H and O–H groups in total. The number of amides is 4. The number of hydrogen-bond donors (Lipinski definition) is 8. The highest BCUT2D eigenvalue weighted by Crippen LogP contribution is 2.19. The fourth-order valence-corrected chi connectivity index (χ4v) is 3.88. The molecule has 0 saturated heterocycles. The molecule has 0 radical (unpaired) electrons. The molecule has 4 amide bonds. The van der Waals surface area contributed by atoms with E-state index >= 15 is 0 Å². The Morgan fingerprint density at radius 3 is 2.15 bits per heavy atom. The van der Waals surface area contributed by atoms with Crippen LogP contribution >= 0.6 is 0 Å². The smallest absolute Gasteiger partial charge is 0.326 e. The summed E-state index contributed by atoms with van der Waals surface area (Å²) in [4.78, 5) is 75.7. The van der Waals surface area contributed by atoms with Crippen molar-refractivity contribution >= 4 is 46.5 Å². The van der Waals surface area contributed by atoms with Gasteiger partial charge in [0.1, 0.15) is 18.1 Å². The number of benzene rings is 1. The Morgan fingerprint density at radius 2 is 1.56 bits per heavy atom. The highest BCUT2D eigenvalue weighted by Gasteiger charge is 2.32. The molecule has 14 heteroatoms. The van der Waals surface area contributed by atoms with E-state index in [2.05, 4.69) is 20.9 Å². The van der Waals surface area contributed by atoms with Crippen LogP contribution in [0.3, 0.4) is 0 Å². The van der Waals surface area contributed by atoms with Gasteiger partial charge < -0.3 is 42.6 Å². The number of nitrogens with one attached hydrogen (secondary N) is 4. The van der Waals surface area contributed by atoms with Crippen molar-refractivity contribution in [3.8, 4) is 0 Å². The van der Waals surface area contributed by atoms with E-state index < -0.39 is 72.1 Å². The molecule has 0 aliphatic carbocycles. The van der Waals surface area contributed by atoms with Crippen molar-refractivity contribution in [3.05, 3.63) is 36.0 Å². The number of aromatic amines is 1. The van der Waals surface area contributed by atoms with E-state index in [0.717, 1.165) is 10.9 Å². The number of H-pyrrole nitrogens is 1. The fraction of sp³-hybridized carbons (Fsp3) is 0.440. The number of carboxylic acid groups (broad SMARTS) is 2.